The van der Waals surface area contributed by atoms with Crippen LogP contribution in [-0.4, -0.2) is 29.6 Å². The molecule has 0 saturated heterocycles. The van der Waals surface area contributed by atoms with E-state index in [1.54, 1.807) is 19.3 Å². The van der Waals surface area contributed by atoms with Gasteiger partial charge in [0.1, 0.15) is 5.15 Å². The number of unbranched alkanes of at least 4 members (excludes halogenated alkanes) is 1. The number of carbonyl (C=O) groups excluding carboxylic acids is 1. The maximum Gasteiger partial charge on any atom is 0.409 e. The summed E-state index contributed by atoms with van der Waals surface area (Å²) in [5.74, 6) is 0. The minimum absolute atomic E-state index is 0.314. The Balaban J connectivity index is 2.43. The second-order valence-corrected chi connectivity index (χ2v) is 4.20. The molecule has 0 fully saturated rings. The number of hydrogen-bond acceptors (Lipinski definition) is 3. The van der Waals surface area contributed by atoms with Crippen molar-refractivity contribution in [2.24, 2.45) is 0 Å². The molecule has 0 saturated carbocycles. The van der Waals surface area contributed by atoms with E-state index >= 15 is 0 Å². The van der Waals surface area contributed by atoms with Crippen LogP contribution >= 0.6 is 11.6 Å². The van der Waals surface area contributed by atoms with Gasteiger partial charge in [0.2, 0.25) is 0 Å². The lowest BCUT2D eigenvalue weighted by Gasteiger charge is -2.16. The van der Waals surface area contributed by atoms with Crippen molar-refractivity contribution in [2.75, 3.05) is 13.7 Å². The van der Waals surface area contributed by atoms with Crippen LogP contribution < -0.4 is 0 Å². The Hall–Kier alpha value is -1.29. The highest BCUT2D eigenvalue weighted by atomic mass is 35.5. The highest BCUT2D eigenvalue weighted by molar-refractivity contribution is 6.29. The third-order valence-corrected chi connectivity index (χ3v) is 2.45. The van der Waals surface area contributed by atoms with Crippen molar-refractivity contribution in [3.05, 3.63) is 29.0 Å². The van der Waals surface area contributed by atoms with Gasteiger partial charge >= 0.3 is 6.09 Å². The molecule has 5 heteroatoms. The molecule has 0 aliphatic carbocycles. The molecule has 0 N–H and O–H groups in total. The van der Waals surface area contributed by atoms with Gasteiger partial charge in [-0.3, -0.25) is 0 Å². The minimum Gasteiger partial charge on any atom is -0.449 e. The fraction of sp³-hybridized carbons (Fsp3) is 0.500. The van der Waals surface area contributed by atoms with E-state index < -0.39 is 0 Å². The lowest BCUT2D eigenvalue weighted by Crippen LogP contribution is -2.27. The molecule has 1 rings (SSSR count). The first-order chi connectivity index (χ1) is 8.13. The van der Waals surface area contributed by atoms with Crippen LogP contribution in [0.1, 0.15) is 25.3 Å². The van der Waals surface area contributed by atoms with E-state index in [0.29, 0.717) is 18.3 Å². The van der Waals surface area contributed by atoms with Gasteiger partial charge < -0.3 is 9.64 Å². The number of ether oxygens (including phenoxy) is 1. The Kier molecular flexibility index (Phi) is 5.77. The quantitative estimate of drug-likeness (QED) is 0.601. The third kappa shape index (κ3) is 5.04. The predicted octanol–water partition coefficient (Wildman–Crippen LogP) is 3.10. The van der Waals surface area contributed by atoms with E-state index in [0.717, 1.165) is 18.4 Å². The summed E-state index contributed by atoms with van der Waals surface area (Å²) in [6.07, 6.45) is 3.21. The molecular weight excluding hydrogens is 240 g/mol. The molecule has 0 radical (unpaired) electrons. The fourth-order valence-corrected chi connectivity index (χ4v) is 1.49. The van der Waals surface area contributed by atoms with E-state index in [-0.39, 0.29) is 6.09 Å². The van der Waals surface area contributed by atoms with Gasteiger partial charge in [0, 0.05) is 19.8 Å². The number of amides is 1. The summed E-state index contributed by atoms with van der Waals surface area (Å²) in [4.78, 5) is 17.0. The first kappa shape index (κ1) is 13.8. The molecule has 0 atom stereocenters. The smallest absolute Gasteiger partial charge is 0.409 e. The van der Waals surface area contributed by atoms with Gasteiger partial charge in [0.05, 0.1) is 6.61 Å². The van der Waals surface area contributed by atoms with Gasteiger partial charge in [0.15, 0.2) is 0 Å². The molecule has 1 amide bonds. The summed E-state index contributed by atoms with van der Waals surface area (Å²) in [5.41, 5.74) is 0.931. The zero-order valence-electron chi connectivity index (χ0n) is 10.1. The standard InChI is InChI=1S/C12H17ClN2O2/c1-3-4-7-17-12(16)15(2)9-10-5-6-14-11(13)8-10/h5-6,8H,3-4,7,9H2,1-2H3. The molecule has 0 bridgehead atoms. The molecule has 0 aliphatic heterocycles. The number of carbonyl (C=O) groups is 1. The highest BCUT2D eigenvalue weighted by Gasteiger charge is 2.10. The van der Waals surface area contributed by atoms with Crippen molar-refractivity contribution in [3.8, 4) is 0 Å². The zero-order chi connectivity index (χ0) is 12.7. The van der Waals surface area contributed by atoms with Gasteiger partial charge in [-0.05, 0) is 24.1 Å². The van der Waals surface area contributed by atoms with Crippen molar-refractivity contribution >= 4 is 17.7 Å². The van der Waals surface area contributed by atoms with Crippen molar-refractivity contribution in [2.45, 2.75) is 26.3 Å². The van der Waals surface area contributed by atoms with E-state index in [4.69, 9.17) is 16.3 Å². The van der Waals surface area contributed by atoms with Crippen LogP contribution in [0.2, 0.25) is 5.15 Å². The second kappa shape index (κ2) is 7.12. The molecule has 17 heavy (non-hydrogen) atoms. The Labute approximate surface area is 107 Å². The molecule has 94 valence electrons. The van der Waals surface area contributed by atoms with Gasteiger partial charge in [-0.1, -0.05) is 24.9 Å². The fourth-order valence-electron chi connectivity index (χ4n) is 1.29. The SMILES string of the molecule is CCCCOC(=O)N(C)Cc1ccnc(Cl)c1. The van der Waals surface area contributed by atoms with Crippen LogP contribution in [0.3, 0.4) is 0 Å². The van der Waals surface area contributed by atoms with E-state index in [1.807, 2.05) is 6.07 Å². The number of hydrogen-bond donors (Lipinski definition) is 0. The second-order valence-electron chi connectivity index (χ2n) is 3.81. The van der Waals surface area contributed by atoms with Gasteiger partial charge in [-0.15, -0.1) is 0 Å². The normalized spacial score (nSPS) is 10.1. The number of nitrogens with zero attached hydrogens (tertiary/aromatic N) is 2. The Morgan fingerprint density at radius 3 is 3.00 bits per heavy atom. The summed E-state index contributed by atoms with van der Waals surface area (Å²) in [7, 11) is 1.70. The molecular formula is C12H17ClN2O2. The van der Waals surface area contributed by atoms with Crippen molar-refractivity contribution < 1.29 is 9.53 Å². The maximum atomic E-state index is 11.6. The summed E-state index contributed by atoms with van der Waals surface area (Å²) in [5, 5.41) is 0.426. The summed E-state index contributed by atoms with van der Waals surface area (Å²) < 4.78 is 5.09. The Morgan fingerprint density at radius 2 is 2.35 bits per heavy atom. The first-order valence-electron chi connectivity index (χ1n) is 5.61. The van der Waals surface area contributed by atoms with E-state index in [2.05, 4.69) is 11.9 Å². The molecule has 4 nitrogen and oxygen atoms in total. The Morgan fingerprint density at radius 1 is 1.59 bits per heavy atom. The molecule has 1 aromatic rings. The summed E-state index contributed by atoms with van der Waals surface area (Å²) in [6, 6.07) is 3.55. The average Bonchev–Trinajstić information content (AvgIpc) is 2.29. The Bertz CT molecular complexity index is 371. The molecule has 0 aliphatic rings. The topological polar surface area (TPSA) is 42.4 Å². The van der Waals surface area contributed by atoms with Crippen LogP contribution in [0.25, 0.3) is 0 Å². The molecule has 0 spiro atoms. The third-order valence-electron chi connectivity index (χ3n) is 2.25. The number of halogens is 1. The van der Waals surface area contributed by atoms with Gasteiger partial charge in [-0.2, -0.15) is 0 Å². The van der Waals surface area contributed by atoms with Crippen molar-refractivity contribution in [1.29, 1.82) is 0 Å². The number of rotatable bonds is 5. The monoisotopic (exact) mass is 256 g/mol. The molecule has 1 heterocycles. The summed E-state index contributed by atoms with van der Waals surface area (Å²) in [6.45, 7) is 2.99. The van der Waals surface area contributed by atoms with Crippen LogP contribution in [0, 0.1) is 0 Å². The van der Waals surface area contributed by atoms with E-state index in [9.17, 15) is 4.79 Å². The predicted molar refractivity (Wildman–Crippen MR) is 67.0 cm³/mol. The van der Waals surface area contributed by atoms with Crippen molar-refractivity contribution in [1.82, 2.24) is 9.88 Å². The van der Waals surface area contributed by atoms with Crippen LogP contribution in [0.15, 0.2) is 18.3 Å². The lowest BCUT2D eigenvalue weighted by molar-refractivity contribution is 0.107. The van der Waals surface area contributed by atoms with Crippen molar-refractivity contribution in [3.63, 3.8) is 0 Å². The highest BCUT2D eigenvalue weighted by Crippen LogP contribution is 2.09. The average molecular weight is 257 g/mol. The zero-order valence-corrected chi connectivity index (χ0v) is 10.9. The maximum absolute atomic E-state index is 11.6. The van der Waals surface area contributed by atoms with Crippen LogP contribution in [0.4, 0.5) is 4.79 Å². The molecule has 0 unspecified atom stereocenters. The summed E-state index contributed by atoms with van der Waals surface area (Å²) >= 11 is 5.76. The van der Waals surface area contributed by atoms with Gasteiger partial charge in [0.25, 0.3) is 0 Å². The molecule has 0 aromatic carbocycles. The minimum atomic E-state index is -0.314. The van der Waals surface area contributed by atoms with Crippen LogP contribution in [0.5, 0.6) is 0 Å². The largest absolute Gasteiger partial charge is 0.449 e. The number of aromatic nitrogens is 1. The lowest BCUT2D eigenvalue weighted by atomic mass is 10.2. The number of pyridine rings is 1. The van der Waals surface area contributed by atoms with Gasteiger partial charge in [-0.25, -0.2) is 9.78 Å². The van der Waals surface area contributed by atoms with Crippen LogP contribution in [-0.2, 0) is 11.3 Å². The molecule has 1 aromatic heterocycles. The first-order valence-corrected chi connectivity index (χ1v) is 5.99. The van der Waals surface area contributed by atoms with E-state index in [1.165, 1.54) is 4.90 Å².